The minimum absolute atomic E-state index is 0.0921. The van der Waals surface area contributed by atoms with Crippen LogP contribution in [0.3, 0.4) is 0 Å². The van der Waals surface area contributed by atoms with Crippen LogP contribution in [0, 0.1) is 0 Å². The molecule has 7 nitrogen and oxygen atoms in total. The number of carboxylic acid groups (broad SMARTS) is 1. The summed E-state index contributed by atoms with van der Waals surface area (Å²) in [4.78, 5) is 38.4. The Morgan fingerprint density at radius 3 is 2.06 bits per heavy atom. The van der Waals surface area contributed by atoms with Crippen LogP contribution in [0.4, 0.5) is 4.79 Å². The fraction of sp³-hybridized carbons (Fsp3) is 0.250. The highest BCUT2D eigenvalue weighted by atomic mass is 16.5. The van der Waals surface area contributed by atoms with Crippen molar-refractivity contribution in [3.05, 3.63) is 95.6 Å². The predicted octanol–water partition coefficient (Wildman–Crippen LogP) is 4.42. The Hall–Kier alpha value is -4.13. The van der Waals surface area contributed by atoms with Gasteiger partial charge in [0.25, 0.3) is 0 Å². The van der Waals surface area contributed by atoms with Gasteiger partial charge in [-0.3, -0.25) is 9.59 Å². The summed E-state index contributed by atoms with van der Waals surface area (Å²) in [5.74, 6) is -1.68. The topological polar surface area (TPSA) is 95.9 Å². The molecule has 4 rings (SSSR count). The summed E-state index contributed by atoms with van der Waals surface area (Å²) in [6.45, 7) is 1.56. The molecular weight excluding hydrogens is 444 g/mol. The average Bonchev–Trinajstić information content (AvgIpc) is 3.19. The van der Waals surface area contributed by atoms with Crippen molar-refractivity contribution in [3.8, 4) is 11.1 Å². The Kier molecular flexibility index (Phi) is 7.45. The van der Waals surface area contributed by atoms with Crippen molar-refractivity contribution < 1.29 is 24.2 Å². The number of amides is 2. The van der Waals surface area contributed by atoms with Gasteiger partial charge >= 0.3 is 12.1 Å². The molecule has 0 bridgehead atoms. The van der Waals surface area contributed by atoms with Crippen LogP contribution >= 0.6 is 0 Å². The van der Waals surface area contributed by atoms with Crippen molar-refractivity contribution >= 4 is 18.0 Å². The van der Waals surface area contributed by atoms with Crippen molar-refractivity contribution in [3.63, 3.8) is 0 Å². The summed E-state index contributed by atoms with van der Waals surface area (Å²) in [5.41, 5.74) is 5.26. The maximum absolute atomic E-state index is 13.1. The predicted molar refractivity (Wildman–Crippen MR) is 132 cm³/mol. The number of nitrogens with one attached hydrogen (secondary N) is 1. The Morgan fingerprint density at radius 2 is 1.49 bits per heavy atom. The first-order chi connectivity index (χ1) is 17.0. The zero-order valence-corrected chi connectivity index (χ0v) is 19.5. The Bertz CT molecular complexity index is 1170. The standard InChI is InChI=1S/C28H28N2O5/c1-2-25(27(33)30(17-26(31)32)16-19-10-4-3-5-11-19)29-28(34)35-18-24-22-14-8-6-12-20(22)21-13-7-9-15-23(21)24/h3-15,24-25H,2,16-18H2,1H3,(H,29,34)(H,31,32)/t25-/m0/s1. The molecule has 0 aromatic heterocycles. The number of aliphatic carboxylic acids is 1. The summed E-state index contributed by atoms with van der Waals surface area (Å²) in [6, 6.07) is 24.3. The number of ether oxygens (including phenoxy) is 1. The molecule has 0 heterocycles. The van der Waals surface area contributed by atoms with Crippen molar-refractivity contribution in [2.75, 3.05) is 13.2 Å². The number of rotatable bonds is 9. The van der Waals surface area contributed by atoms with Crippen molar-refractivity contribution in [1.29, 1.82) is 0 Å². The monoisotopic (exact) mass is 472 g/mol. The van der Waals surface area contributed by atoms with E-state index in [9.17, 15) is 19.5 Å². The van der Waals surface area contributed by atoms with E-state index in [4.69, 9.17) is 4.74 Å². The van der Waals surface area contributed by atoms with Gasteiger partial charge in [-0.2, -0.15) is 0 Å². The number of carbonyl (C=O) groups is 3. The molecule has 0 spiro atoms. The quantitative estimate of drug-likeness (QED) is 0.481. The maximum atomic E-state index is 13.1. The van der Waals surface area contributed by atoms with Crippen molar-refractivity contribution in [2.24, 2.45) is 0 Å². The summed E-state index contributed by atoms with van der Waals surface area (Å²) < 4.78 is 5.56. The number of carboxylic acids is 1. The first-order valence-electron chi connectivity index (χ1n) is 11.6. The highest BCUT2D eigenvalue weighted by Gasteiger charge is 2.30. The molecule has 0 unspecified atom stereocenters. The van der Waals surface area contributed by atoms with Gasteiger partial charge in [-0.1, -0.05) is 85.8 Å². The molecule has 0 saturated heterocycles. The van der Waals surface area contributed by atoms with Crippen LogP contribution in [-0.4, -0.2) is 47.2 Å². The van der Waals surface area contributed by atoms with E-state index in [1.165, 1.54) is 4.90 Å². The molecule has 2 amide bonds. The van der Waals surface area contributed by atoms with Crippen LogP contribution in [0.1, 0.15) is 36.0 Å². The van der Waals surface area contributed by atoms with Gasteiger partial charge in [0.15, 0.2) is 0 Å². The number of hydrogen-bond donors (Lipinski definition) is 2. The highest BCUT2D eigenvalue weighted by Crippen LogP contribution is 2.44. The third-order valence-electron chi connectivity index (χ3n) is 6.20. The Balaban J connectivity index is 1.42. The molecule has 0 radical (unpaired) electrons. The molecular formula is C28H28N2O5. The zero-order valence-electron chi connectivity index (χ0n) is 19.5. The molecule has 35 heavy (non-hydrogen) atoms. The Labute approximate surface area is 204 Å². The normalized spacial score (nSPS) is 12.8. The zero-order chi connectivity index (χ0) is 24.8. The first kappa shape index (κ1) is 24.0. The fourth-order valence-corrected chi connectivity index (χ4v) is 4.52. The molecule has 0 saturated carbocycles. The van der Waals surface area contributed by atoms with E-state index in [-0.39, 0.29) is 19.1 Å². The molecule has 1 aliphatic rings. The molecule has 1 aliphatic carbocycles. The third kappa shape index (κ3) is 5.51. The van der Waals surface area contributed by atoms with E-state index in [0.29, 0.717) is 6.42 Å². The van der Waals surface area contributed by atoms with E-state index >= 15 is 0 Å². The lowest BCUT2D eigenvalue weighted by atomic mass is 9.98. The van der Waals surface area contributed by atoms with Crippen molar-refractivity contribution in [2.45, 2.75) is 31.8 Å². The largest absolute Gasteiger partial charge is 0.480 e. The van der Waals surface area contributed by atoms with E-state index < -0.39 is 30.6 Å². The van der Waals surface area contributed by atoms with E-state index in [1.54, 1.807) is 6.92 Å². The van der Waals surface area contributed by atoms with Crippen molar-refractivity contribution in [1.82, 2.24) is 10.2 Å². The second-order valence-electron chi connectivity index (χ2n) is 8.50. The minimum atomic E-state index is -1.12. The van der Waals surface area contributed by atoms with Gasteiger partial charge in [-0.05, 0) is 34.2 Å². The van der Waals surface area contributed by atoms with Crippen LogP contribution in [-0.2, 0) is 20.9 Å². The molecule has 180 valence electrons. The molecule has 0 fully saturated rings. The second kappa shape index (κ2) is 10.9. The molecule has 7 heteroatoms. The first-order valence-corrected chi connectivity index (χ1v) is 11.6. The number of hydrogen-bond acceptors (Lipinski definition) is 4. The van der Waals surface area contributed by atoms with Gasteiger partial charge in [-0.25, -0.2) is 4.79 Å². The van der Waals surface area contributed by atoms with Crippen LogP contribution in [0.2, 0.25) is 0 Å². The number of nitrogens with zero attached hydrogens (tertiary/aromatic N) is 1. The fourth-order valence-electron chi connectivity index (χ4n) is 4.52. The SMILES string of the molecule is CC[C@H](NC(=O)OCC1c2ccccc2-c2ccccc21)C(=O)N(CC(=O)O)Cc1ccccc1. The highest BCUT2D eigenvalue weighted by molar-refractivity contribution is 5.88. The number of alkyl carbamates (subject to hydrolysis) is 1. The molecule has 3 aromatic carbocycles. The molecule has 2 N–H and O–H groups in total. The van der Waals surface area contributed by atoms with E-state index in [2.05, 4.69) is 17.4 Å². The van der Waals surface area contributed by atoms with E-state index in [0.717, 1.165) is 27.8 Å². The van der Waals surface area contributed by atoms with Gasteiger partial charge in [0.2, 0.25) is 5.91 Å². The summed E-state index contributed by atoms with van der Waals surface area (Å²) in [6.07, 6.45) is -0.407. The smallest absolute Gasteiger partial charge is 0.407 e. The Morgan fingerprint density at radius 1 is 0.914 bits per heavy atom. The van der Waals surface area contributed by atoms with Gasteiger partial charge in [0, 0.05) is 12.5 Å². The van der Waals surface area contributed by atoms with Gasteiger partial charge < -0.3 is 20.1 Å². The van der Waals surface area contributed by atoms with Crippen LogP contribution in [0.25, 0.3) is 11.1 Å². The van der Waals surface area contributed by atoms with Gasteiger partial charge in [0.05, 0.1) is 0 Å². The molecule has 1 atom stereocenters. The van der Waals surface area contributed by atoms with Gasteiger partial charge in [-0.15, -0.1) is 0 Å². The number of carbonyl (C=O) groups excluding carboxylic acids is 2. The van der Waals surface area contributed by atoms with Gasteiger partial charge in [0.1, 0.15) is 19.2 Å². The number of fused-ring (bicyclic) bond motifs is 3. The minimum Gasteiger partial charge on any atom is -0.480 e. The van der Waals surface area contributed by atoms with Crippen LogP contribution < -0.4 is 5.32 Å². The second-order valence-corrected chi connectivity index (χ2v) is 8.50. The van der Waals surface area contributed by atoms with Crippen LogP contribution in [0.15, 0.2) is 78.9 Å². The third-order valence-corrected chi connectivity index (χ3v) is 6.20. The van der Waals surface area contributed by atoms with E-state index in [1.807, 2.05) is 66.7 Å². The lowest BCUT2D eigenvalue weighted by Gasteiger charge is -2.26. The van der Waals surface area contributed by atoms with Crippen LogP contribution in [0.5, 0.6) is 0 Å². The summed E-state index contributed by atoms with van der Waals surface area (Å²) in [7, 11) is 0. The lowest BCUT2D eigenvalue weighted by molar-refractivity contribution is -0.145. The summed E-state index contributed by atoms with van der Waals surface area (Å²) in [5, 5.41) is 11.9. The molecule has 0 aliphatic heterocycles. The maximum Gasteiger partial charge on any atom is 0.407 e. The average molecular weight is 473 g/mol. The number of benzene rings is 3. The molecule has 3 aromatic rings. The lowest BCUT2D eigenvalue weighted by Crippen LogP contribution is -2.49. The summed E-state index contributed by atoms with van der Waals surface area (Å²) >= 11 is 0.